The third-order valence-electron chi connectivity index (χ3n) is 1.41. The van der Waals surface area contributed by atoms with Gasteiger partial charge >= 0.3 is 5.97 Å². The molecule has 0 aliphatic carbocycles. The van der Waals surface area contributed by atoms with Gasteiger partial charge in [-0.25, -0.2) is 4.79 Å². The fraction of sp³-hybridized carbons (Fsp3) is 0.625. The zero-order chi connectivity index (χ0) is 9.40. The topological polar surface area (TPSA) is 35.5 Å². The predicted octanol–water partition coefficient (Wildman–Crippen LogP) is 0.572. The van der Waals surface area contributed by atoms with Crippen LogP contribution in [-0.2, 0) is 14.0 Å². The zero-order valence-electron chi connectivity index (χ0n) is 7.71. The molecule has 0 aromatic carbocycles. The van der Waals surface area contributed by atoms with Crippen molar-refractivity contribution in [1.82, 2.24) is 0 Å². The Balaban J connectivity index is 3.66. The molecular weight excluding hydrogens is 172 g/mol. The molecule has 70 valence electrons. The van der Waals surface area contributed by atoms with E-state index in [-0.39, 0.29) is 11.7 Å². The van der Waals surface area contributed by atoms with Gasteiger partial charge in [0.15, 0.2) is 0 Å². The quantitative estimate of drug-likeness (QED) is 0.347. The van der Waals surface area contributed by atoms with Crippen LogP contribution in [0.15, 0.2) is 12.7 Å². The van der Waals surface area contributed by atoms with E-state index in [4.69, 9.17) is 9.16 Å². The maximum Gasteiger partial charge on any atom is 0.330 e. The molecule has 3 nitrogen and oxygen atoms in total. The summed E-state index contributed by atoms with van der Waals surface area (Å²) in [6.45, 7) is 7.95. The predicted molar refractivity (Wildman–Crippen MR) is 50.5 cm³/mol. The first-order valence-electron chi connectivity index (χ1n) is 4.15. The average molecular weight is 188 g/mol. The molecule has 0 bridgehead atoms. The van der Waals surface area contributed by atoms with Crippen LogP contribution >= 0.6 is 0 Å². The molecule has 0 aliphatic heterocycles. The Hall–Kier alpha value is -0.613. The molecule has 4 heteroatoms. The Morgan fingerprint density at radius 1 is 1.67 bits per heavy atom. The maximum absolute atomic E-state index is 10.8. The second-order valence-corrected chi connectivity index (χ2v) is 3.98. The molecule has 0 fully saturated rings. The molecule has 0 saturated carbocycles. The van der Waals surface area contributed by atoms with Crippen LogP contribution in [0.3, 0.4) is 0 Å². The number of carbonyl (C=O) groups excluding carboxylic acids is 1. The van der Waals surface area contributed by atoms with Crippen molar-refractivity contribution in [3.05, 3.63) is 12.7 Å². The average Bonchev–Trinajstić information content (AvgIpc) is 2.11. The number of rotatable bonds is 6. The highest BCUT2D eigenvalue weighted by atomic mass is 28.2. The molecule has 0 aromatic rings. The van der Waals surface area contributed by atoms with Gasteiger partial charge in [0.1, 0.15) is 5.73 Å². The lowest BCUT2D eigenvalue weighted by Gasteiger charge is -2.13. The lowest BCUT2D eigenvalue weighted by atomic mass is 10.5. The van der Waals surface area contributed by atoms with Crippen molar-refractivity contribution in [3.63, 3.8) is 0 Å². The van der Waals surface area contributed by atoms with E-state index in [1.165, 1.54) is 6.08 Å². The summed E-state index contributed by atoms with van der Waals surface area (Å²) in [5.74, 6) is -0.353. The second-order valence-electron chi connectivity index (χ2n) is 2.33. The number of esters is 1. The van der Waals surface area contributed by atoms with E-state index in [1.54, 1.807) is 0 Å². The van der Waals surface area contributed by atoms with Gasteiger partial charge in [0.25, 0.3) is 0 Å². The molecule has 0 spiro atoms. The molecule has 0 saturated heterocycles. The van der Waals surface area contributed by atoms with Crippen LogP contribution in [0, 0.1) is 0 Å². The van der Waals surface area contributed by atoms with E-state index in [2.05, 4.69) is 6.58 Å². The highest BCUT2D eigenvalue weighted by Crippen LogP contribution is 1.97. The van der Waals surface area contributed by atoms with Crippen molar-refractivity contribution in [2.45, 2.75) is 26.0 Å². The number of carbonyl (C=O) groups is 1. The Morgan fingerprint density at radius 3 is 2.75 bits per heavy atom. The van der Waals surface area contributed by atoms with Crippen molar-refractivity contribution >= 4 is 15.7 Å². The summed E-state index contributed by atoms with van der Waals surface area (Å²) in [6.07, 6.45) is 2.01. The van der Waals surface area contributed by atoms with E-state index in [9.17, 15) is 4.79 Å². The van der Waals surface area contributed by atoms with Gasteiger partial charge in [0, 0.05) is 12.7 Å². The zero-order valence-corrected chi connectivity index (χ0v) is 9.12. The molecule has 1 atom stereocenters. The maximum atomic E-state index is 10.8. The van der Waals surface area contributed by atoms with Gasteiger partial charge in [-0.3, -0.25) is 0 Å². The summed E-state index contributed by atoms with van der Waals surface area (Å²) in [7, 11) is -0.718. The van der Waals surface area contributed by atoms with Gasteiger partial charge in [-0.2, -0.15) is 0 Å². The summed E-state index contributed by atoms with van der Waals surface area (Å²) in [4.78, 5) is 10.8. The largest absolute Gasteiger partial charge is 0.461 e. The summed E-state index contributed by atoms with van der Waals surface area (Å²) in [5, 5.41) is 0. The number of ether oxygens (including phenoxy) is 1. The summed E-state index contributed by atoms with van der Waals surface area (Å²) in [5.41, 5.74) is -0.00421. The van der Waals surface area contributed by atoms with Crippen molar-refractivity contribution in [2.75, 3.05) is 6.61 Å². The van der Waals surface area contributed by atoms with E-state index in [0.29, 0.717) is 6.61 Å². The van der Waals surface area contributed by atoms with Gasteiger partial charge in [0.05, 0.1) is 0 Å². The van der Waals surface area contributed by atoms with Crippen molar-refractivity contribution < 1.29 is 14.0 Å². The molecule has 0 heterocycles. The van der Waals surface area contributed by atoms with Crippen LogP contribution in [0.2, 0.25) is 0 Å². The summed E-state index contributed by atoms with van der Waals surface area (Å²) in [6, 6.07) is 0. The molecule has 1 unspecified atom stereocenters. The Kier molecular flexibility index (Phi) is 6.70. The highest BCUT2D eigenvalue weighted by molar-refractivity contribution is 6.29. The van der Waals surface area contributed by atoms with Crippen molar-refractivity contribution in [2.24, 2.45) is 0 Å². The SMILES string of the molecule is C=CC(=O)OC(CC)[SiH2]OCC. The van der Waals surface area contributed by atoms with Gasteiger partial charge in [-0.1, -0.05) is 13.5 Å². The first-order valence-corrected chi connectivity index (χ1v) is 5.54. The summed E-state index contributed by atoms with van der Waals surface area (Å²) < 4.78 is 10.3. The van der Waals surface area contributed by atoms with Crippen LogP contribution in [0.4, 0.5) is 0 Å². The lowest BCUT2D eigenvalue weighted by molar-refractivity contribution is -0.140. The van der Waals surface area contributed by atoms with Gasteiger partial charge in [0.2, 0.25) is 9.76 Å². The minimum absolute atomic E-state index is 0.00421. The van der Waals surface area contributed by atoms with Crippen LogP contribution in [0.5, 0.6) is 0 Å². The molecule has 0 aliphatic rings. The van der Waals surface area contributed by atoms with Crippen LogP contribution in [0.25, 0.3) is 0 Å². The minimum Gasteiger partial charge on any atom is -0.461 e. The van der Waals surface area contributed by atoms with E-state index < -0.39 is 9.76 Å². The van der Waals surface area contributed by atoms with Crippen LogP contribution < -0.4 is 0 Å². The molecule has 0 radical (unpaired) electrons. The first kappa shape index (κ1) is 11.4. The van der Waals surface area contributed by atoms with E-state index in [1.807, 2.05) is 13.8 Å². The van der Waals surface area contributed by atoms with Crippen LogP contribution in [0.1, 0.15) is 20.3 Å². The highest BCUT2D eigenvalue weighted by Gasteiger charge is 2.10. The van der Waals surface area contributed by atoms with Crippen LogP contribution in [-0.4, -0.2) is 28.1 Å². The fourth-order valence-electron chi connectivity index (χ4n) is 0.697. The first-order chi connectivity index (χ1) is 5.74. The number of hydrogen-bond acceptors (Lipinski definition) is 3. The molecule has 12 heavy (non-hydrogen) atoms. The fourth-order valence-corrected chi connectivity index (χ4v) is 1.66. The molecular formula is C8H16O3Si. The molecule has 0 amide bonds. The summed E-state index contributed by atoms with van der Waals surface area (Å²) >= 11 is 0. The van der Waals surface area contributed by atoms with E-state index in [0.717, 1.165) is 6.42 Å². The Morgan fingerprint density at radius 2 is 2.33 bits per heavy atom. The van der Waals surface area contributed by atoms with Crippen molar-refractivity contribution in [1.29, 1.82) is 0 Å². The molecule has 0 aromatic heterocycles. The Labute approximate surface area is 75.7 Å². The van der Waals surface area contributed by atoms with Gasteiger partial charge in [-0.15, -0.1) is 0 Å². The Bertz CT molecular complexity index is 147. The third-order valence-corrected chi connectivity index (χ3v) is 3.17. The second kappa shape index (κ2) is 7.06. The standard InChI is InChI=1S/C8H16O3Si/c1-4-7(9)11-8(5-2)12-10-6-3/h4,8H,1,5-6,12H2,2-3H3. The lowest BCUT2D eigenvalue weighted by Crippen LogP contribution is -2.25. The number of hydrogen-bond donors (Lipinski definition) is 0. The van der Waals surface area contributed by atoms with E-state index >= 15 is 0 Å². The van der Waals surface area contributed by atoms with Gasteiger partial charge < -0.3 is 9.16 Å². The monoisotopic (exact) mass is 188 g/mol. The normalized spacial score (nSPS) is 13.2. The minimum atomic E-state index is -0.718. The third kappa shape index (κ3) is 5.09. The smallest absolute Gasteiger partial charge is 0.330 e. The molecule has 0 rings (SSSR count). The van der Waals surface area contributed by atoms with Gasteiger partial charge in [-0.05, 0) is 13.3 Å². The van der Waals surface area contributed by atoms with Crippen molar-refractivity contribution in [3.8, 4) is 0 Å². The molecule has 0 N–H and O–H groups in total.